The van der Waals surface area contributed by atoms with E-state index in [-0.39, 0.29) is 29.3 Å². The first-order valence-corrected chi connectivity index (χ1v) is 8.40. The van der Waals surface area contributed by atoms with E-state index in [9.17, 15) is 9.59 Å². The third-order valence-electron chi connectivity index (χ3n) is 4.43. The molecule has 1 aliphatic heterocycles. The quantitative estimate of drug-likeness (QED) is 0.927. The summed E-state index contributed by atoms with van der Waals surface area (Å²) in [6.45, 7) is 10.4. The molecule has 2 atom stereocenters. The minimum Gasteiger partial charge on any atom is -0.464 e. The minimum atomic E-state index is -0.363. The maximum Gasteiger partial charge on any atom is 0.243 e. The molecule has 2 amide bonds. The SMILES string of the molecule is CCc1ccc(C(NC(=O)C2CCCN2C(C)=O)C(C)(C)C)o1. The minimum absolute atomic E-state index is 0.0405. The first-order valence-electron chi connectivity index (χ1n) is 8.40. The molecule has 2 unspecified atom stereocenters. The second-order valence-electron chi connectivity index (χ2n) is 7.34. The zero-order valence-electron chi connectivity index (χ0n) is 14.8. The molecular formula is C18H28N2O3. The summed E-state index contributed by atoms with van der Waals surface area (Å²) in [5.74, 6) is 1.55. The Labute approximate surface area is 138 Å². The van der Waals surface area contributed by atoms with E-state index in [1.165, 1.54) is 6.92 Å². The van der Waals surface area contributed by atoms with Gasteiger partial charge in [-0.05, 0) is 30.4 Å². The van der Waals surface area contributed by atoms with Gasteiger partial charge < -0.3 is 14.6 Å². The van der Waals surface area contributed by atoms with Crippen molar-refractivity contribution in [2.24, 2.45) is 5.41 Å². The summed E-state index contributed by atoms with van der Waals surface area (Å²) < 4.78 is 5.86. The molecule has 0 radical (unpaired) electrons. The van der Waals surface area contributed by atoms with Crippen LogP contribution >= 0.6 is 0 Å². The maximum atomic E-state index is 12.7. The highest BCUT2D eigenvalue weighted by Crippen LogP contribution is 2.34. The molecule has 0 spiro atoms. The number of rotatable bonds is 4. The lowest BCUT2D eigenvalue weighted by Crippen LogP contribution is -2.48. The first-order chi connectivity index (χ1) is 10.7. The van der Waals surface area contributed by atoms with Crippen molar-refractivity contribution >= 4 is 11.8 Å². The fourth-order valence-electron chi connectivity index (χ4n) is 3.11. The Morgan fingerprint density at radius 3 is 2.61 bits per heavy atom. The normalized spacial score (nSPS) is 19.7. The summed E-state index contributed by atoms with van der Waals surface area (Å²) >= 11 is 0. The van der Waals surface area contributed by atoms with Crippen LogP contribution in [0.1, 0.15) is 65.0 Å². The van der Waals surface area contributed by atoms with E-state index in [1.54, 1.807) is 4.90 Å². The number of furan rings is 1. The van der Waals surface area contributed by atoms with Crippen LogP contribution in [0.2, 0.25) is 0 Å². The van der Waals surface area contributed by atoms with Crippen molar-refractivity contribution in [1.29, 1.82) is 0 Å². The molecular weight excluding hydrogens is 292 g/mol. The average Bonchev–Trinajstić information content (AvgIpc) is 3.11. The molecule has 2 heterocycles. The van der Waals surface area contributed by atoms with Gasteiger partial charge in [-0.3, -0.25) is 9.59 Å². The molecule has 0 aliphatic carbocycles. The number of nitrogens with one attached hydrogen (secondary N) is 1. The van der Waals surface area contributed by atoms with Crippen LogP contribution in [-0.4, -0.2) is 29.3 Å². The second kappa shape index (κ2) is 6.77. The van der Waals surface area contributed by atoms with Crippen molar-refractivity contribution in [3.8, 4) is 0 Å². The fraction of sp³-hybridized carbons (Fsp3) is 0.667. The van der Waals surface area contributed by atoms with Crippen LogP contribution in [0.5, 0.6) is 0 Å². The van der Waals surface area contributed by atoms with Crippen LogP contribution in [0, 0.1) is 5.41 Å². The number of hydrogen-bond acceptors (Lipinski definition) is 3. The van der Waals surface area contributed by atoms with Gasteiger partial charge >= 0.3 is 0 Å². The Morgan fingerprint density at radius 2 is 2.09 bits per heavy atom. The number of hydrogen-bond donors (Lipinski definition) is 1. The summed E-state index contributed by atoms with van der Waals surface area (Å²) in [4.78, 5) is 26.1. The average molecular weight is 320 g/mol. The molecule has 0 bridgehead atoms. The predicted molar refractivity (Wildman–Crippen MR) is 88.8 cm³/mol. The largest absolute Gasteiger partial charge is 0.464 e. The summed E-state index contributed by atoms with van der Waals surface area (Å²) in [5.41, 5.74) is -0.182. The molecule has 1 N–H and O–H groups in total. The maximum absolute atomic E-state index is 12.7. The zero-order valence-corrected chi connectivity index (χ0v) is 14.8. The molecule has 0 saturated carbocycles. The highest BCUT2D eigenvalue weighted by molar-refractivity contribution is 5.87. The topological polar surface area (TPSA) is 62.6 Å². The number of carbonyl (C=O) groups is 2. The molecule has 5 nitrogen and oxygen atoms in total. The third-order valence-corrected chi connectivity index (χ3v) is 4.43. The van der Waals surface area contributed by atoms with Gasteiger partial charge in [-0.2, -0.15) is 0 Å². The lowest BCUT2D eigenvalue weighted by molar-refractivity contribution is -0.137. The van der Waals surface area contributed by atoms with E-state index in [0.29, 0.717) is 6.54 Å². The molecule has 5 heteroatoms. The van der Waals surface area contributed by atoms with Crippen LogP contribution in [0.4, 0.5) is 0 Å². The van der Waals surface area contributed by atoms with Gasteiger partial charge in [-0.1, -0.05) is 27.7 Å². The van der Waals surface area contributed by atoms with E-state index in [4.69, 9.17) is 4.42 Å². The van der Waals surface area contributed by atoms with Crippen LogP contribution in [0.15, 0.2) is 16.5 Å². The highest BCUT2D eigenvalue weighted by Gasteiger charge is 2.37. The Bertz CT molecular complexity index is 571. The van der Waals surface area contributed by atoms with Crippen molar-refractivity contribution < 1.29 is 14.0 Å². The molecule has 0 aromatic carbocycles. The molecule has 1 aromatic rings. The number of nitrogens with zero attached hydrogens (tertiary/aromatic N) is 1. The van der Waals surface area contributed by atoms with Gasteiger partial charge in [0.15, 0.2) is 0 Å². The molecule has 1 aromatic heterocycles. The second-order valence-corrected chi connectivity index (χ2v) is 7.34. The summed E-state index contributed by atoms with van der Waals surface area (Å²) in [7, 11) is 0. The fourth-order valence-corrected chi connectivity index (χ4v) is 3.11. The summed E-state index contributed by atoms with van der Waals surface area (Å²) in [6.07, 6.45) is 2.42. The van der Waals surface area contributed by atoms with Crippen LogP contribution < -0.4 is 5.32 Å². The van der Waals surface area contributed by atoms with Crippen LogP contribution in [-0.2, 0) is 16.0 Å². The smallest absolute Gasteiger partial charge is 0.243 e. The monoisotopic (exact) mass is 320 g/mol. The number of aryl methyl sites for hydroxylation is 1. The standard InChI is InChI=1S/C18H28N2O3/c1-6-13-9-10-15(23-13)16(18(3,4)5)19-17(22)14-8-7-11-20(14)12(2)21/h9-10,14,16H,6-8,11H2,1-5H3,(H,19,22). The van der Waals surface area contributed by atoms with E-state index in [1.807, 2.05) is 19.1 Å². The van der Waals surface area contributed by atoms with Crippen molar-refractivity contribution in [2.45, 2.75) is 66.0 Å². The Hall–Kier alpha value is -1.78. The van der Waals surface area contributed by atoms with Gasteiger partial charge in [0.25, 0.3) is 0 Å². The number of amides is 2. The van der Waals surface area contributed by atoms with Gasteiger partial charge in [0.1, 0.15) is 17.6 Å². The van der Waals surface area contributed by atoms with E-state index < -0.39 is 0 Å². The van der Waals surface area contributed by atoms with Crippen molar-refractivity contribution in [3.05, 3.63) is 23.7 Å². The molecule has 1 saturated heterocycles. The lowest BCUT2D eigenvalue weighted by atomic mass is 9.85. The first kappa shape index (κ1) is 17.6. The van der Waals surface area contributed by atoms with Crippen molar-refractivity contribution in [1.82, 2.24) is 10.2 Å². The zero-order chi connectivity index (χ0) is 17.2. The van der Waals surface area contributed by atoms with E-state index >= 15 is 0 Å². The molecule has 1 fully saturated rings. The highest BCUT2D eigenvalue weighted by atomic mass is 16.3. The summed E-state index contributed by atoms with van der Waals surface area (Å²) in [6, 6.07) is 3.31. The Balaban J connectivity index is 2.18. The molecule has 23 heavy (non-hydrogen) atoms. The number of carbonyl (C=O) groups excluding carboxylic acids is 2. The van der Waals surface area contributed by atoms with Gasteiger partial charge in [0.2, 0.25) is 11.8 Å². The van der Waals surface area contributed by atoms with Gasteiger partial charge in [-0.15, -0.1) is 0 Å². The van der Waals surface area contributed by atoms with Crippen LogP contribution in [0.3, 0.4) is 0 Å². The Morgan fingerprint density at radius 1 is 1.39 bits per heavy atom. The van der Waals surface area contributed by atoms with E-state index in [0.717, 1.165) is 30.8 Å². The van der Waals surface area contributed by atoms with Gasteiger partial charge in [0.05, 0.1) is 6.04 Å². The van der Waals surface area contributed by atoms with Gasteiger partial charge in [0, 0.05) is 19.9 Å². The van der Waals surface area contributed by atoms with Crippen molar-refractivity contribution in [3.63, 3.8) is 0 Å². The predicted octanol–water partition coefficient (Wildman–Crippen LogP) is 3.06. The molecule has 2 rings (SSSR count). The summed E-state index contributed by atoms with van der Waals surface area (Å²) in [5, 5.41) is 3.11. The number of likely N-dealkylation sites (tertiary alicyclic amines) is 1. The van der Waals surface area contributed by atoms with Crippen LogP contribution in [0.25, 0.3) is 0 Å². The van der Waals surface area contributed by atoms with E-state index in [2.05, 4.69) is 26.1 Å². The third kappa shape index (κ3) is 3.95. The Kier molecular flexibility index (Phi) is 5.17. The molecule has 128 valence electrons. The van der Waals surface area contributed by atoms with Gasteiger partial charge in [-0.25, -0.2) is 0 Å². The van der Waals surface area contributed by atoms with Crippen molar-refractivity contribution in [2.75, 3.05) is 6.54 Å². The lowest BCUT2D eigenvalue weighted by Gasteiger charge is -2.32. The molecule has 1 aliphatic rings.